The molecule has 1 fully saturated rings. The first-order valence-electron chi connectivity index (χ1n) is 10.4. The van der Waals surface area contributed by atoms with Crippen molar-refractivity contribution >= 4 is 28.4 Å². The highest BCUT2D eigenvalue weighted by Gasteiger charge is 2.27. The Morgan fingerprint density at radius 2 is 1.68 bits per heavy atom. The van der Waals surface area contributed by atoms with Gasteiger partial charge in [-0.3, -0.25) is 4.79 Å². The van der Waals surface area contributed by atoms with E-state index in [1.54, 1.807) is 49.6 Å². The normalized spacial score (nSPS) is 15.5. The Hall–Kier alpha value is -3.48. The summed E-state index contributed by atoms with van der Waals surface area (Å²) >= 11 is 0. The fraction of sp³-hybridized carbons (Fsp3) is 0.333. The highest BCUT2D eigenvalue weighted by molar-refractivity contribution is 6.26. The number of fused-ring (bicyclic) bond motifs is 1. The van der Waals surface area contributed by atoms with Crippen LogP contribution in [0.25, 0.3) is 16.6 Å². The Balaban J connectivity index is 1.82. The number of carbonyl (C=O) groups is 2. The Bertz CT molecular complexity index is 1120. The summed E-state index contributed by atoms with van der Waals surface area (Å²) in [5.74, 6) is -0.484. The smallest absolute Gasteiger partial charge is 0.336 e. The Kier molecular flexibility index (Phi) is 6.11. The van der Waals surface area contributed by atoms with Crippen LogP contribution in [0.4, 0.5) is 0 Å². The molecule has 1 N–H and O–H groups in total. The molecular weight excluding hydrogens is 396 g/mol. The van der Waals surface area contributed by atoms with Crippen molar-refractivity contribution in [2.75, 3.05) is 7.11 Å². The molecule has 0 unspecified atom stereocenters. The molecule has 0 radical (unpaired) electrons. The van der Waals surface area contributed by atoms with Crippen molar-refractivity contribution < 1.29 is 24.1 Å². The minimum atomic E-state index is -1.14. The number of Topliss-reactive ketones (excluding diaryl/α,β-unsaturated/α-hetero) is 1. The number of allylic oxidation sites excluding steroid dienone is 1. The predicted molar refractivity (Wildman–Crippen MR) is 115 cm³/mol. The van der Waals surface area contributed by atoms with Crippen molar-refractivity contribution in [1.82, 2.24) is 10.3 Å². The number of aliphatic carboxylic acids is 1. The molecule has 0 spiro atoms. The zero-order valence-electron chi connectivity index (χ0n) is 17.3. The Morgan fingerprint density at radius 1 is 1.00 bits per heavy atom. The maximum atomic E-state index is 13.5. The summed E-state index contributed by atoms with van der Waals surface area (Å²) in [6, 6.07) is 11.7. The van der Waals surface area contributed by atoms with Gasteiger partial charge in [0.15, 0.2) is 5.78 Å². The zero-order chi connectivity index (χ0) is 21.8. The number of carboxylic acid groups (broad SMARTS) is 1. The summed E-state index contributed by atoms with van der Waals surface area (Å²) in [6.45, 7) is 0. The largest absolute Gasteiger partial charge is 0.497 e. The molecule has 7 heteroatoms. The second-order valence-electron chi connectivity index (χ2n) is 7.89. The van der Waals surface area contributed by atoms with Crippen LogP contribution in [-0.2, 0) is 4.79 Å². The van der Waals surface area contributed by atoms with Gasteiger partial charge in [-0.05, 0) is 64.6 Å². The number of carbonyl (C=O) groups excluding carboxylic acids is 1. The second-order valence-corrected chi connectivity index (χ2v) is 7.89. The molecule has 160 valence electrons. The maximum absolute atomic E-state index is 13.5. The van der Waals surface area contributed by atoms with E-state index in [4.69, 9.17) is 9.37 Å². The molecule has 0 amide bonds. The lowest BCUT2D eigenvalue weighted by atomic mass is 9.81. The highest BCUT2D eigenvalue weighted by Crippen LogP contribution is 2.34. The quantitative estimate of drug-likeness (QED) is 0.427. The predicted octanol–water partition coefficient (Wildman–Crippen LogP) is 4.92. The van der Waals surface area contributed by atoms with E-state index in [1.165, 1.54) is 6.42 Å². The topological polar surface area (TPSA) is 103 Å². The molecule has 0 saturated heterocycles. The van der Waals surface area contributed by atoms with E-state index in [0.29, 0.717) is 39.9 Å². The van der Waals surface area contributed by atoms with E-state index in [-0.39, 0.29) is 17.3 Å². The van der Waals surface area contributed by atoms with Gasteiger partial charge in [-0.2, -0.15) is 0 Å². The van der Waals surface area contributed by atoms with Crippen LogP contribution in [0.2, 0.25) is 0 Å². The van der Waals surface area contributed by atoms with Crippen LogP contribution in [0.5, 0.6) is 5.75 Å². The molecule has 4 rings (SSSR count). The zero-order valence-corrected chi connectivity index (χ0v) is 17.3. The van der Waals surface area contributed by atoms with E-state index >= 15 is 0 Å². The lowest BCUT2D eigenvalue weighted by Gasteiger charge is -2.23. The van der Waals surface area contributed by atoms with Crippen LogP contribution in [0.15, 0.2) is 52.7 Å². The fourth-order valence-electron chi connectivity index (χ4n) is 4.27. The van der Waals surface area contributed by atoms with Crippen LogP contribution in [-0.4, -0.2) is 34.3 Å². The number of benzene rings is 2. The average molecular weight is 420 g/mol. The van der Waals surface area contributed by atoms with E-state index < -0.39 is 5.97 Å². The minimum absolute atomic E-state index is 0.0105. The number of hydrogen-bond acceptors (Lipinski definition) is 6. The van der Waals surface area contributed by atoms with Gasteiger partial charge in [-0.1, -0.05) is 38.2 Å². The van der Waals surface area contributed by atoms with Crippen molar-refractivity contribution in [2.45, 2.75) is 38.5 Å². The van der Waals surface area contributed by atoms with Gasteiger partial charge in [0.2, 0.25) is 0 Å². The van der Waals surface area contributed by atoms with E-state index in [9.17, 15) is 14.7 Å². The molecule has 1 heterocycles. The lowest BCUT2D eigenvalue weighted by Crippen LogP contribution is -2.16. The lowest BCUT2D eigenvalue weighted by molar-refractivity contribution is -0.130. The van der Waals surface area contributed by atoms with Crippen molar-refractivity contribution in [3.05, 3.63) is 59.2 Å². The van der Waals surface area contributed by atoms with Crippen molar-refractivity contribution in [3.63, 3.8) is 0 Å². The van der Waals surface area contributed by atoms with Crippen LogP contribution < -0.4 is 4.74 Å². The first-order valence-corrected chi connectivity index (χ1v) is 10.4. The van der Waals surface area contributed by atoms with Gasteiger partial charge in [-0.25, -0.2) is 9.42 Å². The summed E-state index contributed by atoms with van der Waals surface area (Å²) in [7, 11) is 1.56. The second kappa shape index (κ2) is 9.12. The highest BCUT2D eigenvalue weighted by atomic mass is 16.6. The van der Waals surface area contributed by atoms with E-state index in [0.717, 1.165) is 25.7 Å². The van der Waals surface area contributed by atoms with E-state index in [2.05, 4.69) is 10.3 Å². The number of ketones is 1. The van der Waals surface area contributed by atoms with Crippen LogP contribution in [0, 0.1) is 5.92 Å². The number of rotatable bonds is 7. The molecule has 31 heavy (non-hydrogen) atoms. The third kappa shape index (κ3) is 4.50. The number of ether oxygens (including phenoxy) is 1. The Labute approximate surface area is 179 Å². The molecule has 1 aliphatic carbocycles. The van der Waals surface area contributed by atoms with Gasteiger partial charge in [0.1, 0.15) is 16.8 Å². The van der Waals surface area contributed by atoms with Gasteiger partial charge < -0.3 is 9.84 Å². The average Bonchev–Trinajstić information content (AvgIpc) is 3.27. The SMILES string of the molecule is COc1ccc(C(=O)C(CC2CCCCC2)=C(C(=O)O)c2ccc3nonc3c2)cc1. The molecule has 1 aromatic heterocycles. The van der Waals surface area contributed by atoms with Crippen molar-refractivity contribution in [1.29, 1.82) is 0 Å². The summed E-state index contributed by atoms with van der Waals surface area (Å²) in [6.07, 6.45) is 5.82. The summed E-state index contributed by atoms with van der Waals surface area (Å²) in [4.78, 5) is 25.9. The summed E-state index contributed by atoms with van der Waals surface area (Å²) < 4.78 is 9.92. The first-order chi connectivity index (χ1) is 15.1. The first kappa shape index (κ1) is 20.8. The molecule has 2 aromatic carbocycles. The van der Waals surface area contributed by atoms with Crippen molar-refractivity contribution in [2.24, 2.45) is 5.92 Å². The van der Waals surface area contributed by atoms with E-state index in [1.807, 2.05) is 0 Å². The third-order valence-electron chi connectivity index (χ3n) is 5.90. The van der Waals surface area contributed by atoms with Gasteiger partial charge in [-0.15, -0.1) is 0 Å². The van der Waals surface area contributed by atoms with Crippen LogP contribution in [0.1, 0.15) is 54.4 Å². The van der Waals surface area contributed by atoms with Gasteiger partial charge in [0, 0.05) is 11.1 Å². The number of hydrogen-bond donors (Lipinski definition) is 1. The maximum Gasteiger partial charge on any atom is 0.336 e. The van der Waals surface area contributed by atoms with Gasteiger partial charge in [0.05, 0.1) is 12.7 Å². The van der Waals surface area contributed by atoms with Crippen LogP contribution in [0.3, 0.4) is 0 Å². The molecule has 7 nitrogen and oxygen atoms in total. The molecule has 1 aliphatic rings. The van der Waals surface area contributed by atoms with Crippen LogP contribution >= 0.6 is 0 Å². The minimum Gasteiger partial charge on any atom is -0.497 e. The van der Waals surface area contributed by atoms with Crippen molar-refractivity contribution in [3.8, 4) is 5.75 Å². The monoisotopic (exact) mass is 420 g/mol. The third-order valence-corrected chi connectivity index (χ3v) is 5.90. The summed E-state index contributed by atoms with van der Waals surface area (Å²) in [5.41, 5.74) is 2.17. The standard InChI is InChI=1S/C24H24N2O5/c1-30-18-10-7-16(8-11-18)23(27)19(13-15-5-3-2-4-6-15)22(24(28)29)17-9-12-20-21(14-17)26-31-25-20/h7-12,14-15H,2-6,13H2,1H3,(H,28,29). The summed E-state index contributed by atoms with van der Waals surface area (Å²) in [5, 5.41) is 17.7. The molecule has 1 saturated carbocycles. The fourth-order valence-corrected chi connectivity index (χ4v) is 4.27. The number of nitrogens with zero attached hydrogens (tertiary/aromatic N) is 2. The number of carboxylic acids is 1. The molecule has 0 atom stereocenters. The number of aromatic nitrogens is 2. The van der Waals surface area contributed by atoms with Gasteiger partial charge >= 0.3 is 5.97 Å². The molecule has 0 bridgehead atoms. The number of methoxy groups -OCH3 is 1. The molecule has 3 aromatic rings. The Morgan fingerprint density at radius 3 is 2.35 bits per heavy atom. The molecule has 0 aliphatic heterocycles. The molecular formula is C24H24N2O5. The van der Waals surface area contributed by atoms with Gasteiger partial charge in [0.25, 0.3) is 0 Å².